The largest absolute Gasteiger partial charge is 0.302 e. The first kappa shape index (κ1) is 11.6. The quantitative estimate of drug-likeness (QED) is 0.776. The van der Waals surface area contributed by atoms with Crippen LogP contribution in [0.15, 0.2) is 30.6 Å². The maximum atomic E-state index is 11.8. The smallest absolute Gasteiger partial charge is 0.229 e. The Hall–Kier alpha value is -2.21. The molecule has 3 aromatic rings. The number of aromatic nitrogens is 3. The van der Waals surface area contributed by atoms with Crippen LogP contribution in [0.3, 0.4) is 0 Å². The van der Waals surface area contributed by atoms with E-state index in [1.807, 2.05) is 24.4 Å². The number of nitrogens with zero attached hydrogens (tertiary/aromatic N) is 2. The molecule has 0 aliphatic heterocycles. The topological polar surface area (TPSA) is 70.7 Å². The first-order valence-electron chi connectivity index (χ1n) is 6.51. The summed E-state index contributed by atoms with van der Waals surface area (Å²) in [6.07, 6.45) is 5.64. The highest BCUT2D eigenvalue weighted by Crippen LogP contribution is 2.36. The fourth-order valence-corrected chi connectivity index (χ4v) is 3.18. The van der Waals surface area contributed by atoms with Crippen molar-refractivity contribution in [2.45, 2.75) is 12.8 Å². The molecule has 2 aromatic heterocycles. The first-order chi connectivity index (χ1) is 9.81. The van der Waals surface area contributed by atoms with E-state index in [1.54, 1.807) is 6.20 Å². The minimum atomic E-state index is 0.0916. The SMILES string of the molecule is O=C(Nc1nc2cccc(-c3cn[nH]c3)c2s1)C1CC1. The predicted molar refractivity (Wildman–Crippen MR) is 78.6 cm³/mol. The number of hydrogen-bond acceptors (Lipinski definition) is 4. The molecule has 1 saturated carbocycles. The summed E-state index contributed by atoms with van der Waals surface area (Å²) in [6, 6.07) is 5.97. The van der Waals surface area contributed by atoms with Gasteiger partial charge in [0.05, 0.1) is 16.4 Å². The van der Waals surface area contributed by atoms with E-state index in [9.17, 15) is 4.79 Å². The van der Waals surface area contributed by atoms with Gasteiger partial charge in [-0.05, 0) is 18.9 Å². The van der Waals surface area contributed by atoms with E-state index in [2.05, 4.69) is 20.5 Å². The number of hydrogen-bond donors (Lipinski definition) is 2. The van der Waals surface area contributed by atoms with Gasteiger partial charge in [0.2, 0.25) is 5.91 Å². The van der Waals surface area contributed by atoms with Crippen LogP contribution in [0.25, 0.3) is 21.3 Å². The van der Waals surface area contributed by atoms with E-state index in [0.29, 0.717) is 5.13 Å². The Bertz CT molecular complexity index is 774. The Morgan fingerprint density at radius 3 is 3.05 bits per heavy atom. The summed E-state index contributed by atoms with van der Waals surface area (Å²) in [6.45, 7) is 0. The zero-order valence-corrected chi connectivity index (χ0v) is 11.4. The fourth-order valence-electron chi connectivity index (χ4n) is 2.18. The minimum Gasteiger partial charge on any atom is -0.302 e. The molecule has 1 aliphatic carbocycles. The van der Waals surface area contributed by atoms with Gasteiger partial charge in [0, 0.05) is 23.2 Å². The van der Waals surface area contributed by atoms with Gasteiger partial charge in [0.25, 0.3) is 0 Å². The summed E-state index contributed by atoms with van der Waals surface area (Å²) < 4.78 is 1.07. The van der Waals surface area contributed by atoms with E-state index in [1.165, 1.54) is 11.3 Å². The third-order valence-electron chi connectivity index (χ3n) is 3.40. The van der Waals surface area contributed by atoms with Crippen LogP contribution in [0.4, 0.5) is 5.13 Å². The molecular weight excluding hydrogens is 272 g/mol. The van der Waals surface area contributed by atoms with Crippen LogP contribution in [0.1, 0.15) is 12.8 Å². The lowest BCUT2D eigenvalue weighted by molar-refractivity contribution is -0.117. The molecule has 2 heterocycles. The van der Waals surface area contributed by atoms with Gasteiger partial charge < -0.3 is 5.32 Å². The number of carbonyl (C=O) groups excluding carboxylic acids is 1. The second-order valence-electron chi connectivity index (χ2n) is 4.92. The van der Waals surface area contributed by atoms with Crippen molar-refractivity contribution in [1.82, 2.24) is 15.2 Å². The maximum absolute atomic E-state index is 11.8. The van der Waals surface area contributed by atoms with Gasteiger partial charge in [0.15, 0.2) is 5.13 Å². The number of thiazole rings is 1. The van der Waals surface area contributed by atoms with Gasteiger partial charge in [-0.3, -0.25) is 9.89 Å². The number of benzene rings is 1. The molecule has 0 bridgehead atoms. The molecular formula is C14H12N4OS. The van der Waals surface area contributed by atoms with Crippen LogP contribution in [0, 0.1) is 5.92 Å². The second-order valence-corrected chi connectivity index (χ2v) is 5.92. The zero-order chi connectivity index (χ0) is 13.5. The highest BCUT2D eigenvalue weighted by Gasteiger charge is 2.30. The Morgan fingerprint density at radius 2 is 2.30 bits per heavy atom. The van der Waals surface area contributed by atoms with Crippen LogP contribution in [0.2, 0.25) is 0 Å². The van der Waals surface area contributed by atoms with E-state index in [0.717, 1.165) is 34.2 Å². The average Bonchev–Trinajstić information content (AvgIpc) is 3.00. The zero-order valence-electron chi connectivity index (χ0n) is 10.6. The lowest BCUT2D eigenvalue weighted by atomic mass is 10.1. The van der Waals surface area contributed by atoms with Crippen molar-refractivity contribution in [2.24, 2.45) is 5.92 Å². The molecule has 2 N–H and O–H groups in total. The minimum absolute atomic E-state index is 0.0916. The fraction of sp³-hybridized carbons (Fsp3) is 0.214. The molecule has 6 heteroatoms. The summed E-state index contributed by atoms with van der Waals surface area (Å²) in [5.41, 5.74) is 3.01. The molecule has 1 aromatic carbocycles. The van der Waals surface area contributed by atoms with Gasteiger partial charge >= 0.3 is 0 Å². The highest BCUT2D eigenvalue weighted by atomic mass is 32.1. The van der Waals surface area contributed by atoms with Gasteiger partial charge in [-0.25, -0.2) is 4.98 Å². The summed E-state index contributed by atoms with van der Waals surface area (Å²) in [4.78, 5) is 16.3. The van der Waals surface area contributed by atoms with Crippen LogP contribution < -0.4 is 5.32 Å². The van der Waals surface area contributed by atoms with Crippen LogP contribution in [0.5, 0.6) is 0 Å². The Kier molecular flexibility index (Phi) is 2.56. The van der Waals surface area contributed by atoms with E-state index < -0.39 is 0 Å². The standard InChI is InChI=1S/C14H12N4OS/c19-13(8-4-5-8)18-14-17-11-3-1-2-10(12(11)20-14)9-6-15-16-7-9/h1-3,6-8H,4-5H2,(H,15,16)(H,17,18,19). The van der Waals surface area contributed by atoms with Gasteiger partial charge in [-0.15, -0.1) is 0 Å². The molecule has 0 saturated heterocycles. The van der Waals surface area contributed by atoms with Crippen molar-refractivity contribution in [2.75, 3.05) is 5.32 Å². The number of H-pyrrole nitrogens is 1. The lowest BCUT2D eigenvalue weighted by Gasteiger charge is -1.97. The molecule has 1 fully saturated rings. The van der Waals surface area contributed by atoms with Crippen LogP contribution in [-0.2, 0) is 4.79 Å². The van der Waals surface area contributed by atoms with E-state index in [-0.39, 0.29) is 11.8 Å². The number of amides is 1. The van der Waals surface area contributed by atoms with E-state index >= 15 is 0 Å². The van der Waals surface area contributed by atoms with Crippen molar-refractivity contribution in [3.05, 3.63) is 30.6 Å². The molecule has 0 atom stereocenters. The number of carbonyl (C=O) groups is 1. The van der Waals surface area contributed by atoms with Crippen molar-refractivity contribution in [1.29, 1.82) is 0 Å². The molecule has 0 unspecified atom stereocenters. The Balaban J connectivity index is 1.75. The summed E-state index contributed by atoms with van der Waals surface area (Å²) in [5.74, 6) is 0.282. The van der Waals surface area contributed by atoms with E-state index in [4.69, 9.17) is 0 Å². The monoisotopic (exact) mass is 284 g/mol. The highest BCUT2D eigenvalue weighted by molar-refractivity contribution is 7.22. The summed E-state index contributed by atoms with van der Waals surface area (Å²) in [5, 5.41) is 10.4. The third kappa shape index (κ3) is 1.98. The molecule has 1 amide bonds. The lowest BCUT2D eigenvalue weighted by Crippen LogP contribution is -2.12. The van der Waals surface area contributed by atoms with Gasteiger partial charge in [0.1, 0.15) is 0 Å². The molecule has 100 valence electrons. The van der Waals surface area contributed by atoms with Crippen molar-refractivity contribution >= 4 is 32.6 Å². The number of aromatic amines is 1. The molecule has 5 nitrogen and oxygen atoms in total. The van der Waals surface area contributed by atoms with Crippen LogP contribution in [-0.4, -0.2) is 21.1 Å². The molecule has 1 aliphatic rings. The summed E-state index contributed by atoms with van der Waals surface area (Å²) in [7, 11) is 0. The van der Waals surface area contributed by atoms with Crippen LogP contribution >= 0.6 is 11.3 Å². The van der Waals surface area contributed by atoms with Gasteiger partial charge in [-0.1, -0.05) is 23.5 Å². The first-order valence-corrected chi connectivity index (χ1v) is 7.32. The molecule has 0 radical (unpaired) electrons. The van der Waals surface area contributed by atoms with Gasteiger partial charge in [-0.2, -0.15) is 5.10 Å². The maximum Gasteiger partial charge on any atom is 0.229 e. The second kappa shape index (κ2) is 4.42. The Morgan fingerprint density at radius 1 is 1.40 bits per heavy atom. The number of fused-ring (bicyclic) bond motifs is 1. The Labute approximate surface area is 119 Å². The normalized spacial score (nSPS) is 14.6. The number of anilines is 1. The predicted octanol–water partition coefficient (Wildman–Crippen LogP) is 3.03. The van der Waals surface area contributed by atoms with Crippen molar-refractivity contribution in [3.63, 3.8) is 0 Å². The molecule has 0 spiro atoms. The molecule has 4 rings (SSSR count). The average molecular weight is 284 g/mol. The van der Waals surface area contributed by atoms with Crippen molar-refractivity contribution < 1.29 is 4.79 Å². The van der Waals surface area contributed by atoms with Crippen molar-refractivity contribution in [3.8, 4) is 11.1 Å². The summed E-state index contributed by atoms with van der Waals surface area (Å²) >= 11 is 1.51. The third-order valence-corrected chi connectivity index (χ3v) is 4.42. The number of nitrogens with one attached hydrogen (secondary N) is 2. The number of rotatable bonds is 3. The molecule has 20 heavy (non-hydrogen) atoms.